The number of thiazole rings is 1. The number of anilines is 1. The zero-order valence-electron chi connectivity index (χ0n) is 6.83. The molecule has 0 amide bonds. The molecule has 1 N–H and O–H groups in total. The molecule has 1 fully saturated rings. The predicted octanol–water partition coefficient (Wildman–Crippen LogP) is 1.73. The Morgan fingerprint density at radius 3 is 3.15 bits per heavy atom. The highest BCUT2D eigenvalue weighted by Gasteiger charge is 2.21. The highest BCUT2D eigenvalue weighted by Crippen LogP contribution is 2.21. The van der Waals surface area contributed by atoms with Gasteiger partial charge >= 0.3 is 0 Å². The van der Waals surface area contributed by atoms with Gasteiger partial charge in [-0.05, 0) is 6.42 Å². The number of aromatic nitrogens is 1. The van der Waals surface area contributed by atoms with E-state index in [-0.39, 0.29) is 0 Å². The fraction of sp³-hybridized carbons (Fsp3) is 0.571. The molecule has 72 valence electrons. The summed E-state index contributed by atoms with van der Waals surface area (Å²) in [7, 11) is -0.640. The van der Waals surface area contributed by atoms with Crippen LogP contribution < -0.4 is 5.32 Å². The third-order valence-corrected chi connectivity index (χ3v) is 4.35. The van der Waals surface area contributed by atoms with Crippen LogP contribution in [0.15, 0.2) is 5.38 Å². The molecule has 0 aromatic carbocycles. The third kappa shape index (κ3) is 2.42. The van der Waals surface area contributed by atoms with Gasteiger partial charge in [-0.3, -0.25) is 4.21 Å². The summed E-state index contributed by atoms with van der Waals surface area (Å²) in [6.45, 7) is 0. The van der Waals surface area contributed by atoms with Crippen LogP contribution in [-0.2, 0) is 10.8 Å². The first-order chi connectivity index (χ1) is 6.24. The van der Waals surface area contributed by atoms with Crippen LogP contribution in [0, 0.1) is 0 Å². The van der Waals surface area contributed by atoms with Crippen molar-refractivity contribution in [2.75, 3.05) is 16.8 Å². The summed E-state index contributed by atoms with van der Waals surface area (Å²) in [6.07, 6.45) is 0.960. The van der Waals surface area contributed by atoms with Gasteiger partial charge in [0.2, 0.25) is 0 Å². The summed E-state index contributed by atoms with van der Waals surface area (Å²) >= 11 is 7.09. The van der Waals surface area contributed by atoms with Crippen molar-refractivity contribution in [3.05, 3.63) is 9.85 Å². The van der Waals surface area contributed by atoms with E-state index in [0.29, 0.717) is 10.5 Å². The molecular weight excluding hydrogens is 228 g/mol. The third-order valence-electron chi connectivity index (χ3n) is 1.91. The number of nitrogens with zero attached hydrogens (tertiary/aromatic N) is 1. The topological polar surface area (TPSA) is 42.0 Å². The van der Waals surface area contributed by atoms with Gasteiger partial charge < -0.3 is 5.32 Å². The van der Waals surface area contributed by atoms with Crippen LogP contribution >= 0.6 is 22.9 Å². The van der Waals surface area contributed by atoms with Crippen molar-refractivity contribution in [1.82, 2.24) is 4.98 Å². The maximum atomic E-state index is 11.1. The van der Waals surface area contributed by atoms with Crippen LogP contribution in [0.25, 0.3) is 0 Å². The van der Waals surface area contributed by atoms with Crippen molar-refractivity contribution in [2.45, 2.75) is 12.5 Å². The highest BCUT2D eigenvalue weighted by atomic mass is 35.5. The minimum absolute atomic E-state index is 0.305. The Morgan fingerprint density at radius 2 is 2.62 bits per heavy atom. The van der Waals surface area contributed by atoms with Gasteiger partial charge in [-0.1, -0.05) is 11.6 Å². The molecule has 0 aliphatic carbocycles. The lowest BCUT2D eigenvalue weighted by atomic mass is 10.3. The van der Waals surface area contributed by atoms with Gasteiger partial charge in [-0.2, -0.15) is 0 Å². The summed E-state index contributed by atoms with van der Waals surface area (Å²) in [6, 6.07) is 0.305. The summed E-state index contributed by atoms with van der Waals surface area (Å²) in [5, 5.41) is 5.09. The van der Waals surface area contributed by atoms with Crippen molar-refractivity contribution in [2.24, 2.45) is 0 Å². The lowest BCUT2D eigenvalue weighted by molar-refractivity contribution is 0.686. The van der Waals surface area contributed by atoms with Gasteiger partial charge in [0.05, 0.1) is 0 Å². The Labute approximate surface area is 88.0 Å². The molecule has 1 aromatic rings. The van der Waals surface area contributed by atoms with Crippen LogP contribution in [-0.4, -0.2) is 26.7 Å². The highest BCUT2D eigenvalue weighted by molar-refractivity contribution is 7.85. The predicted molar refractivity (Wildman–Crippen MR) is 57.0 cm³/mol. The molecule has 13 heavy (non-hydrogen) atoms. The van der Waals surface area contributed by atoms with Gasteiger partial charge in [0.25, 0.3) is 0 Å². The van der Waals surface area contributed by atoms with Crippen molar-refractivity contribution < 1.29 is 4.21 Å². The molecule has 0 bridgehead atoms. The molecule has 2 rings (SSSR count). The lowest BCUT2D eigenvalue weighted by Gasteiger charge is -2.08. The van der Waals surface area contributed by atoms with Gasteiger partial charge in [-0.25, -0.2) is 4.98 Å². The molecule has 1 aromatic heterocycles. The number of hydrogen-bond donors (Lipinski definition) is 1. The Bertz CT molecular complexity index is 328. The Morgan fingerprint density at radius 1 is 1.77 bits per heavy atom. The van der Waals surface area contributed by atoms with Crippen LogP contribution in [0.4, 0.5) is 5.82 Å². The van der Waals surface area contributed by atoms with E-state index in [1.165, 1.54) is 11.3 Å². The second kappa shape index (κ2) is 3.94. The van der Waals surface area contributed by atoms with Gasteiger partial charge in [0.15, 0.2) is 4.47 Å². The monoisotopic (exact) mass is 236 g/mol. The number of rotatable bonds is 2. The van der Waals surface area contributed by atoms with E-state index < -0.39 is 10.8 Å². The van der Waals surface area contributed by atoms with Crippen LogP contribution in [0.5, 0.6) is 0 Å². The van der Waals surface area contributed by atoms with Crippen LogP contribution in [0.2, 0.25) is 4.47 Å². The molecule has 1 aliphatic heterocycles. The van der Waals surface area contributed by atoms with E-state index in [1.54, 1.807) is 0 Å². The van der Waals surface area contributed by atoms with Crippen LogP contribution in [0.3, 0.4) is 0 Å². The number of nitrogens with one attached hydrogen (secondary N) is 1. The van der Waals surface area contributed by atoms with Crippen molar-refractivity contribution in [1.29, 1.82) is 0 Å². The molecule has 3 nitrogen and oxygen atoms in total. The first-order valence-electron chi connectivity index (χ1n) is 3.96. The van der Waals surface area contributed by atoms with E-state index in [4.69, 9.17) is 11.6 Å². The Balaban J connectivity index is 1.95. The molecule has 0 saturated carbocycles. The van der Waals surface area contributed by atoms with E-state index in [0.717, 1.165) is 23.7 Å². The van der Waals surface area contributed by atoms with Crippen LogP contribution in [0.1, 0.15) is 6.42 Å². The summed E-state index contributed by atoms with van der Waals surface area (Å²) < 4.78 is 11.6. The fourth-order valence-electron chi connectivity index (χ4n) is 1.31. The maximum Gasteiger partial charge on any atom is 0.185 e. The van der Waals surface area contributed by atoms with E-state index in [9.17, 15) is 4.21 Å². The second-order valence-electron chi connectivity index (χ2n) is 2.93. The zero-order valence-corrected chi connectivity index (χ0v) is 9.21. The van der Waals surface area contributed by atoms with Crippen molar-refractivity contribution in [3.8, 4) is 0 Å². The van der Waals surface area contributed by atoms with Crippen molar-refractivity contribution in [3.63, 3.8) is 0 Å². The SMILES string of the molecule is O=S1CCC(Nc2csc(Cl)n2)C1. The molecule has 2 atom stereocenters. The molecular formula is C7H9ClN2OS2. The van der Waals surface area contributed by atoms with E-state index in [2.05, 4.69) is 10.3 Å². The quantitative estimate of drug-likeness (QED) is 0.851. The molecule has 2 unspecified atom stereocenters. The molecule has 0 radical (unpaired) electrons. The molecule has 1 aliphatic rings. The largest absolute Gasteiger partial charge is 0.366 e. The van der Waals surface area contributed by atoms with Gasteiger partial charge in [0.1, 0.15) is 5.82 Å². The first-order valence-corrected chi connectivity index (χ1v) is 6.71. The summed E-state index contributed by atoms with van der Waals surface area (Å²) in [5.74, 6) is 2.34. The molecule has 1 saturated heterocycles. The summed E-state index contributed by atoms with van der Waals surface area (Å²) in [5.41, 5.74) is 0. The average Bonchev–Trinajstić information content (AvgIpc) is 2.62. The molecule has 6 heteroatoms. The number of halogens is 1. The fourth-order valence-corrected chi connectivity index (χ4v) is 3.42. The lowest BCUT2D eigenvalue weighted by Crippen LogP contribution is -2.19. The average molecular weight is 237 g/mol. The second-order valence-corrected chi connectivity index (χ2v) is 5.99. The maximum absolute atomic E-state index is 11.1. The molecule has 0 spiro atoms. The number of hydrogen-bond acceptors (Lipinski definition) is 4. The van der Waals surface area contributed by atoms with E-state index in [1.807, 2.05) is 5.38 Å². The Kier molecular flexibility index (Phi) is 2.86. The standard InChI is InChI=1S/C7H9ClN2OS2/c8-7-10-6(3-12-7)9-5-1-2-13(11)4-5/h3,5,9H,1-2,4H2. The Hall–Kier alpha value is -0.130. The van der Waals surface area contributed by atoms with E-state index >= 15 is 0 Å². The smallest absolute Gasteiger partial charge is 0.185 e. The molecule has 2 heterocycles. The minimum Gasteiger partial charge on any atom is -0.366 e. The van der Waals surface area contributed by atoms with Crippen molar-refractivity contribution >= 4 is 39.6 Å². The first kappa shape index (κ1) is 9.43. The summed E-state index contributed by atoms with van der Waals surface area (Å²) in [4.78, 5) is 4.07. The minimum atomic E-state index is -0.640. The van der Waals surface area contributed by atoms with Gasteiger partial charge in [-0.15, -0.1) is 11.3 Å². The normalized spacial score (nSPS) is 27.8. The zero-order chi connectivity index (χ0) is 9.26. The van der Waals surface area contributed by atoms with Gasteiger partial charge in [0, 0.05) is 33.7 Å².